The summed E-state index contributed by atoms with van der Waals surface area (Å²) in [6, 6.07) is 19.0. The molecule has 3 N–H and O–H groups in total. The van der Waals surface area contributed by atoms with E-state index in [1.807, 2.05) is 35.1 Å². The van der Waals surface area contributed by atoms with Crippen LogP contribution in [-0.2, 0) is 17.8 Å². The zero-order valence-corrected chi connectivity index (χ0v) is 19.0. The minimum atomic E-state index is -5.08. The van der Waals surface area contributed by atoms with E-state index in [9.17, 15) is 13.2 Å². The van der Waals surface area contributed by atoms with E-state index in [4.69, 9.17) is 19.7 Å². The average molecular weight is 486 g/mol. The molecule has 184 valence electrons. The van der Waals surface area contributed by atoms with Crippen molar-refractivity contribution < 1.29 is 27.8 Å². The number of hydrogen-bond donors (Lipinski definition) is 3. The van der Waals surface area contributed by atoms with E-state index < -0.39 is 12.1 Å². The highest BCUT2D eigenvalue weighted by atomic mass is 19.4. The fraction of sp³-hybridized carbons (Fsp3) is 0.280. The molecular formula is C25H25F3N4O3. The summed E-state index contributed by atoms with van der Waals surface area (Å²) >= 11 is 0. The van der Waals surface area contributed by atoms with Crippen molar-refractivity contribution in [3.05, 3.63) is 77.7 Å². The van der Waals surface area contributed by atoms with Crippen molar-refractivity contribution in [1.82, 2.24) is 20.1 Å². The van der Waals surface area contributed by atoms with Crippen molar-refractivity contribution in [1.29, 1.82) is 0 Å². The van der Waals surface area contributed by atoms with Gasteiger partial charge in [0.2, 0.25) is 0 Å². The highest BCUT2D eigenvalue weighted by molar-refractivity contribution is 5.85. The van der Waals surface area contributed by atoms with Gasteiger partial charge in [0.15, 0.2) is 0 Å². The molecule has 0 spiro atoms. The van der Waals surface area contributed by atoms with Crippen molar-refractivity contribution in [2.75, 3.05) is 7.11 Å². The van der Waals surface area contributed by atoms with E-state index in [2.05, 4.69) is 40.6 Å². The van der Waals surface area contributed by atoms with Crippen LogP contribution in [0.5, 0.6) is 5.75 Å². The number of ether oxygens (including phenoxy) is 1. The Kier molecular flexibility index (Phi) is 7.11. The van der Waals surface area contributed by atoms with E-state index in [1.165, 1.54) is 28.6 Å². The molecule has 5 rings (SSSR count). The number of para-hydroxylation sites is 1. The van der Waals surface area contributed by atoms with Crippen LogP contribution in [0.2, 0.25) is 0 Å². The van der Waals surface area contributed by atoms with Crippen LogP contribution in [-0.4, -0.2) is 39.1 Å². The molecule has 0 amide bonds. The lowest BCUT2D eigenvalue weighted by atomic mass is 9.91. The number of benzene rings is 2. The molecule has 7 nitrogen and oxygen atoms in total. The second-order valence-electron chi connectivity index (χ2n) is 8.14. The molecule has 2 heterocycles. The fourth-order valence-electron chi connectivity index (χ4n) is 4.18. The molecule has 1 aliphatic carbocycles. The number of aromatic amines is 1. The van der Waals surface area contributed by atoms with Gasteiger partial charge >= 0.3 is 12.1 Å². The van der Waals surface area contributed by atoms with Gasteiger partial charge in [0.05, 0.1) is 18.5 Å². The summed E-state index contributed by atoms with van der Waals surface area (Å²) < 4.78 is 38.9. The number of nitrogens with zero attached hydrogens (tertiary/aromatic N) is 2. The number of halogens is 3. The number of carboxylic acids is 1. The third-order valence-electron chi connectivity index (χ3n) is 5.87. The Morgan fingerprint density at radius 3 is 2.60 bits per heavy atom. The molecule has 0 bridgehead atoms. The van der Waals surface area contributed by atoms with E-state index >= 15 is 0 Å². The number of aliphatic carboxylic acids is 1. The fourth-order valence-corrected chi connectivity index (χ4v) is 4.18. The highest BCUT2D eigenvalue weighted by Crippen LogP contribution is 2.34. The van der Waals surface area contributed by atoms with Gasteiger partial charge in [-0.05, 0) is 61.2 Å². The number of alkyl halides is 3. The van der Waals surface area contributed by atoms with E-state index in [0.29, 0.717) is 6.04 Å². The summed E-state index contributed by atoms with van der Waals surface area (Å²) in [5.74, 6) is -1.91. The monoisotopic (exact) mass is 486 g/mol. The Morgan fingerprint density at radius 2 is 1.91 bits per heavy atom. The van der Waals surface area contributed by atoms with Crippen molar-refractivity contribution in [3.63, 3.8) is 0 Å². The van der Waals surface area contributed by atoms with Crippen LogP contribution < -0.4 is 10.1 Å². The SMILES string of the molecule is COc1ccc(-n2ccc(CNC3CCCc4c3[nH]c3ccccc43)n2)cc1.O=C(O)C(F)(F)F. The molecule has 0 aliphatic heterocycles. The number of aromatic nitrogens is 3. The molecule has 10 heteroatoms. The summed E-state index contributed by atoms with van der Waals surface area (Å²) in [6.07, 6.45) is 0.448. The second kappa shape index (κ2) is 10.2. The molecule has 1 atom stereocenters. The first-order valence-corrected chi connectivity index (χ1v) is 11.1. The predicted octanol–water partition coefficient (Wildman–Crippen LogP) is 5.16. The molecule has 0 saturated carbocycles. The van der Waals surface area contributed by atoms with Gasteiger partial charge < -0.3 is 20.1 Å². The smallest absolute Gasteiger partial charge is 0.490 e. The number of carboxylic acid groups (broad SMARTS) is 1. The maximum atomic E-state index is 10.6. The van der Waals surface area contributed by atoms with Crippen molar-refractivity contribution in [2.24, 2.45) is 0 Å². The van der Waals surface area contributed by atoms with Gasteiger partial charge in [-0.15, -0.1) is 0 Å². The lowest BCUT2D eigenvalue weighted by Crippen LogP contribution is -2.25. The zero-order valence-electron chi connectivity index (χ0n) is 19.0. The summed E-state index contributed by atoms with van der Waals surface area (Å²) in [5, 5.41) is 16.9. The van der Waals surface area contributed by atoms with Gasteiger partial charge in [0.1, 0.15) is 5.75 Å². The summed E-state index contributed by atoms with van der Waals surface area (Å²) in [5.41, 5.74) is 6.14. The van der Waals surface area contributed by atoms with Gasteiger partial charge in [0, 0.05) is 35.4 Å². The standard InChI is InChI=1S/C23H24N4O.C2HF3O2/c1-28-18-11-9-17(10-12-18)27-14-13-16(26-27)15-24-22-8-4-6-20-19-5-2-3-7-21(19)25-23(20)22;3-2(4,5)1(6)7/h2-3,5,7,9-14,22,24-25H,4,6,8,15H2,1H3;(H,6,7). The summed E-state index contributed by atoms with van der Waals surface area (Å²) in [6.45, 7) is 0.753. The Morgan fingerprint density at radius 1 is 1.20 bits per heavy atom. The first-order chi connectivity index (χ1) is 16.8. The number of aryl methyl sites for hydroxylation is 1. The predicted molar refractivity (Wildman–Crippen MR) is 125 cm³/mol. The largest absolute Gasteiger partial charge is 0.497 e. The number of fused-ring (bicyclic) bond motifs is 3. The minimum absolute atomic E-state index is 0.349. The van der Waals surface area contributed by atoms with E-state index in [1.54, 1.807) is 7.11 Å². The van der Waals surface area contributed by atoms with Gasteiger partial charge in [-0.2, -0.15) is 18.3 Å². The Labute approximate surface area is 199 Å². The van der Waals surface area contributed by atoms with Crippen molar-refractivity contribution in [3.8, 4) is 11.4 Å². The lowest BCUT2D eigenvalue weighted by molar-refractivity contribution is -0.192. The van der Waals surface area contributed by atoms with Gasteiger partial charge in [-0.25, -0.2) is 9.48 Å². The molecule has 2 aromatic carbocycles. The number of hydrogen-bond acceptors (Lipinski definition) is 4. The van der Waals surface area contributed by atoms with Crippen LogP contribution >= 0.6 is 0 Å². The Bertz CT molecular complexity index is 1300. The normalized spacial score (nSPS) is 15.3. The maximum Gasteiger partial charge on any atom is 0.490 e. The molecule has 1 aliphatic rings. The quantitative estimate of drug-likeness (QED) is 0.362. The topological polar surface area (TPSA) is 92.2 Å². The number of nitrogens with one attached hydrogen (secondary N) is 2. The van der Waals surface area contributed by atoms with E-state index in [-0.39, 0.29) is 0 Å². The highest BCUT2D eigenvalue weighted by Gasteiger charge is 2.38. The average Bonchev–Trinajstić information content (AvgIpc) is 3.48. The number of methoxy groups -OCH3 is 1. The van der Waals surface area contributed by atoms with Crippen molar-refractivity contribution >= 4 is 16.9 Å². The molecular weight excluding hydrogens is 461 g/mol. The molecule has 35 heavy (non-hydrogen) atoms. The van der Waals surface area contributed by atoms with Gasteiger partial charge in [0.25, 0.3) is 0 Å². The maximum absolute atomic E-state index is 10.6. The van der Waals surface area contributed by atoms with Crippen LogP contribution in [0.4, 0.5) is 13.2 Å². The van der Waals surface area contributed by atoms with Crippen molar-refractivity contribution in [2.45, 2.75) is 38.0 Å². The van der Waals surface area contributed by atoms with E-state index in [0.717, 1.165) is 36.5 Å². The third-order valence-corrected chi connectivity index (χ3v) is 5.87. The van der Waals surface area contributed by atoms with Crippen LogP contribution in [0, 0.1) is 0 Å². The van der Waals surface area contributed by atoms with Gasteiger partial charge in [-0.1, -0.05) is 18.2 Å². The molecule has 0 saturated heterocycles. The second-order valence-corrected chi connectivity index (χ2v) is 8.14. The first kappa shape index (κ1) is 24.3. The van der Waals surface area contributed by atoms with Crippen LogP contribution in [0.3, 0.4) is 0 Å². The number of carbonyl (C=O) groups is 1. The first-order valence-electron chi connectivity index (χ1n) is 11.1. The molecule has 1 unspecified atom stereocenters. The van der Waals surface area contributed by atoms with Gasteiger partial charge in [-0.3, -0.25) is 0 Å². The number of H-pyrrole nitrogens is 1. The Hall–Kier alpha value is -3.79. The minimum Gasteiger partial charge on any atom is -0.497 e. The lowest BCUT2D eigenvalue weighted by Gasteiger charge is -2.23. The molecule has 0 fully saturated rings. The zero-order chi connectivity index (χ0) is 25.0. The summed E-state index contributed by atoms with van der Waals surface area (Å²) in [4.78, 5) is 12.5. The summed E-state index contributed by atoms with van der Waals surface area (Å²) in [7, 11) is 1.68. The molecule has 4 aromatic rings. The molecule has 2 aromatic heterocycles. The number of rotatable bonds is 5. The molecule has 0 radical (unpaired) electrons. The van der Waals surface area contributed by atoms with Crippen LogP contribution in [0.1, 0.15) is 35.8 Å². The third kappa shape index (κ3) is 5.65. The van der Waals surface area contributed by atoms with Crippen LogP contribution in [0.15, 0.2) is 60.8 Å². The van der Waals surface area contributed by atoms with Crippen LogP contribution in [0.25, 0.3) is 16.6 Å². The Balaban J connectivity index is 0.000000364.